The van der Waals surface area contributed by atoms with Crippen molar-refractivity contribution in [3.63, 3.8) is 0 Å². The quantitative estimate of drug-likeness (QED) is 0.169. The predicted molar refractivity (Wildman–Crippen MR) is 249 cm³/mol. The van der Waals surface area contributed by atoms with Crippen LogP contribution in [0.1, 0.15) is 0 Å². The molecule has 0 aliphatic rings. The van der Waals surface area contributed by atoms with Gasteiger partial charge in [-0.05, 0) is 117 Å². The fourth-order valence-electron chi connectivity index (χ4n) is 9.24. The topological polar surface area (TPSA) is 21.3 Å². The molecule has 0 aliphatic carbocycles. The molecule has 10 aromatic carbocycles. The first-order chi connectivity index (χ1) is 29.2. The van der Waals surface area contributed by atoms with Crippen molar-refractivity contribution in [2.75, 3.05) is 4.90 Å². The van der Waals surface area contributed by atoms with Gasteiger partial charge in [-0.2, -0.15) is 0 Å². The maximum absolute atomic E-state index is 6.28. The third-order valence-corrected chi connectivity index (χ3v) is 11.9. The van der Waals surface area contributed by atoms with Crippen LogP contribution < -0.4 is 4.90 Å². The highest BCUT2D eigenvalue weighted by molar-refractivity contribution is 6.10. The maximum atomic E-state index is 6.28. The minimum absolute atomic E-state index is 0.879. The van der Waals surface area contributed by atoms with E-state index in [1.807, 2.05) is 12.1 Å². The van der Waals surface area contributed by atoms with Gasteiger partial charge in [0.2, 0.25) is 0 Å². The molecule has 0 fully saturated rings. The molecule has 0 saturated heterocycles. The average molecular weight is 753 g/mol. The Bertz CT molecular complexity index is 3510. The maximum Gasteiger partial charge on any atom is 0.135 e. The van der Waals surface area contributed by atoms with Gasteiger partial charge in [-0.1, -0.05) is 146 Å². The summed E-state index contributed by atoms with van der Waals surface area (Å²) in [4.78, 5) is 2.37. The van der Waals surface area contributed by atoms with Crippen molar-refractivity contribution in [3.8, 4) is 27.9 Å². The van der Waals surface area contributed by atoms with E-state index in [0.717, 1.165) is 50.3 Å². The van der Waals surface area contributed by atoms with E-state index in [4.69, 9.17) is 4.42 Å². The van der Waals surface area contributed by atoms with Gasteiger partial charge in [0.1, 0.15) is 11.2 Å². The minimum Gasteiger partial charge on any atom is -0.456 e. The summed E-state index contributed by atoms with van der Waals surface area (Å²) in [5.41, 5.74) is 13.3. The first-order valence-corrected chi connectivity index (χ1v) is 20.2. The summed E-state index contributed by atoms with van der Waals surface area (Å²) < 4.78 is 8.69. The number of hydrogen-bond donors (Lipinski definition) is 0. The Kier molecular flexibility index (Phi) is 7.54. The highest BCUT2D eigenvalue weighted by Crippen LogP contribution is 2.42. The van der Waals surface area contributed by atoms with E-state index in [9.17, 15) is 0 Å². The molecule has 3 heteroatoms. The van der Waals surface area contributed by atoms with Crippen LogP contribution in [0.25, 0.3) is 93.2 Å². The van der Waals surface area contributed by atoms with Gasteiger partial charge in [-0.3, -0.25) is 0 Å². The fourth-order valence-corrected chi connectivity index (χ4v) is 9.24. The van der Waals surface area contributed by atoms with E-state index in [1.54, 1.807) is 0 Å². The summed E-state index contributed by atoms with van der Waals surface area (Å²) in [6.07, 6.45) is 0. The van der Waals surface area contributed by atoms with Crippen LogP contribution in [-0.4, -0.2) is 4.57 Å². The summed E-state index contributed by atoms with van der Waals surface area (Å²) in [6.45, 7) is 0. The predicted octanol–water partition coefficient (Wildman–Crippen LogP) is 15.8. The molecular formula is C56H36N2O. The molecule has 0 spiro atoms. The highest BCUT2D eigenvalue weighted by atomic mass is 16.3. The fraction of sp³-hybridized carbons (Fsp3) is 0. The lowest BCUT2D eigenvalue weighted by Gasteiger charge is -2.26. The van der Waals surface area contributed by atoms with Gasteiger partial charge in [0, 0.05) is 44.3 Å². The van der Waals surface area contributed by atoms with Crippen molar-refractivity contribution in [2.45, 2.75) is 0 Å². The zero-order valence-corrected chi connectivity index (χ0v) is 32.1. The normalized spacial score (nSPS) is 11.7. The zero-order chi connectivity index (χ0) is 38.9. The lowest BCUT2D eigenvalue weighted by Crippen LogP contribution is -2.10. The summed E-state index contributed by atoms with van der Waals surface area (Å²) >= 11 is 0. The van der Waals surface area contributed by atoms with Gasteiger partial charge in [-0.25, -0.2) is 0 Å². The van der Waals surface area contributed by atoms with E-state index in [0.29, 0.717) is 0 Å². The number of hydrogen-bond acceptors (Lipinski definition) is 2. The van der Waals surface area contributed by atoms with Crippen molar-refractivity contribution in [3.05, 3.63) is 218 Å². The van der Waals surface area contributed by atoms with E-state index in [2.05, 4.69) is 216 Å². The monoisotopic (exact) mass is 752 g/mol. The number of anilines is 3. The molecule has 0 bridgehead atoms. The average Bonchev–Trinajstić information content (AvgIpc) is 3.85. The second kappa shape index (κ2) is 13.4. The summed E-state index contributed by atoms with van der Waals surface area (Å²) in [6, 6.07) is 78.9. The number of rotatable bonds is 6. The van der Waals surface area contributed by atoms with Gasteiger partial charge in [-0.15, -0.1) is 0 Å². The van der Waals surface area contributed by atoms with E-state index in [-0.39, 0.29) is 0 Å². The second-order valence-corrected chi connectivity index (χ2v) is 15.3. The standard InChI is InChI=1S/C56H36N2O/c1-3-18-45-37(13-1)15-12-23-46(45)40-16-11-17-42(33-40)57(43-31-32-56-52(35-43)50-22-7-10-26-55(50)59-56)41-29-27-38(28-30-41)51-36-44(34-39-14-2-4-19-47(39)51)58-53-24-8-5-20-48(53)49-21-6-9-25-54(49)58/h1-36H. The lowest BCUT2D eigenvalue weighted by molar-refractivity contribution is 0.669. The Balaban J connectivity index is 1.03. The van der Waals surface area contributed by atoms with Crippen molar-refractivity contribution < 1.29 is 4.42 Å². The number of nitrogens with zero attached hydrogens (tertiary/aromatic N) is 2. The Morgan fingerprint density at radius 1 is 0.322 bits per heavy atom. The van der Waals surface area contributed by atoms with E-state index in [1.165, 1.54) is 60.0 Å². The molecule has 0 unspecified atom stereocenters. The molecule has 59 heavy (non-hydrogen) atoms. The molecule has 3 nitrogen and oxygen atoms in total. The number of furan rings is 1. The Morgan fingerprint density at radius 3 is 1.68 bits per heavy atom. The molecular weight excluding hydrogens is 717 g/mol. The third kappa shape index (κ3) is 5.44. The Morgan fingerprint density at radius 2 is 0.898 bits per heavy atom. The molecule has 0 N–H and O–H groups in total. The number of aromatic nitrogens is 1. The highest BCUT2D eigenvalue weighted by Gasteiger charge is 2.19. The van der Waals surface area contributed by atoms with Crippen LogP contribution >= 0.6 is 0 Å². The second-order valence-electron chi connectivity index (χ2n) is 15.3. The van der Waals surface area contributed by atoms with Gasteiger partial charge in [0.25, 0.3) is 0 Å². The zero-order valence-electron chi connectivity index (χ0n) is 32.1. The SMILES string of the molecule is c1cc(-c2cccc3ccccc23)cc(N(c2ccc(-c3cc(-n4c5ccccc5c5ccccc54)cc4ccccc34)cc2)c2ccc3oc4ccccc4c3c2)c1. The molecule has 2 heterocycles. The molecule has 12 rings (SSSR count). The first kappa shape index (κ1) is 33.3. The molecule has 276 valence electrons. The molecule has 0 amide bonds. The summed E-state index contributed by atoms with van der Waals surface area (Å²) in [5.74, 6) is 0. The van der Waals surface area contributed by atoms with Crippen molar-refractivity contribution in [1.82, 2.24) is 4.57 Å². The Hall–Kier alpha value is -7.88. The number of para-hydroxylation sites is 3. The van der Waals surface area contributed by atoms with Crippen LogP contribution in [0.4, 0.5) is 17.1 Å². The number of benzene rings is 10. The van der Waals surface area contributed by atoms with Gasteiger partial charge in [0.15, 0.2) is 0 Å². The van der Waals surface area contributed by atoms with Gasteiger partial charge in [0.05, 0.1) is 11.0 Å². The van der Waals surface area contributed by atoms with Crippen LogP contribution in [0.3, 0.4) is 0 Å². The van der Waals surface area contributed by atoms with Crippen molar-refractivity contribution in [1.29, 1.82) is 0 Å². The van der Waals surface area contributed by atoms with Crippen LogP contribution in [0.2, 0.25) is 0 Å². The van der Waals surface area contributed by atoms with Crippen molar-refractivity contribution >= 4 is 82.4 Å². The number of fused-ring (bicyclic) bond motifs is 8. The third-order valence-electron chi connectivity index (χ3n) is 11.9. The molecule has 0 radical (unpaired) electrons. The van der Waals surface area contributed by atoms with Crippen LogP contribution in [0.5, 0.6) is 0 Å². The molecule has 0 saturated carbocycles. The van der Waals surface area contributed by atoms with E-state index < -0.39 is 0 Å². The van der Waals surface area contributed by atoms with Gasteiger partial charge >= 0.3 is 0 Å². The summed E-state index contributed by atoms with van der Waals surface area (Å²) in [5, 5.41) is 9.62. The van der Waals surface area contributed by atoms with Crippen LogP contribution in [-0.2, 0) is 0 Å². The summed E-state index contributed by atoms with van der Waals surface area (Å²) in [7, 11) is 0. The largest absolute Gasteiger partial charge is 0.456 e. The molecule has 0 atom stereocenters. The molecule has 0 aliphatic heterocycles. The molecule has 2 aromatic heterocycles. The Labute approximate surface area is 341 Å². The van der Waals surface area contributed by atoms with Crippen LogP contribution in [0, 0.1) is 0 Å². The van der Waals surface area contributed by atoms with Crippen molar-refractivity contribution in [2.24, 2.45) is 0 Å². The molecule has 12 aromatic rings. The first-order valence-electron chi connectivity index (χ1n) is 20.2. The van der Waals surface area contributed by atoms with E-state index >= 15 is 0 Å². The minimum atomic E-state index is 0.879. The lowest BCUT2D eigenvalue weighted by atomic mass is 9.96. The van der Waals surface area contributed by atoms with Gasteiger partial charge < -0.3 is 13.9 Å². The smallest absolute Gasteiger partial charge is 0.135 e. The van der Waals surface area contributed by atoms with Crippen LogP contribution in [0.15, 0.2) is 223 Å².